The fourth-order valence-corrected chi connectivity index (χ4v) is 3.24. The Bertz CT molecular complexity index is 892. The van der Waals surface area contributed by atoms with Crippen LogP contribution in [0.25, 0.3) is 0 Å². The van der Waals surface area contributed by atoms with E-state index in [9.17, 15) is 8.42 Å². The van der Waals surface area contributed by atoms with Gasteiger partial charge in [0.1, 0.15) is 4.90 Å². The SMILES string of the molecule is C=CCc1cc(/C=N\O)cc(OC)c1OS(=O)(=O)c1ccc(Cl)cc1. The number of halogens is 1. The standard InChI is InChI=1S/C17H16ClNO5S/c1-3-4-13-9-12(11-19-20)10-16(23-2)17(13)24-25(21,22)15-7-5-14(18)6-8-15/h3,5-11,20H,1,4H2,2H3/b19-11-. The van der Waals surface area contributed by atoms with Crippen LogP contribution in [0.3, 0.4) is 0 Å². The summed E-state index contributed by atoms with van der Waals surface area (Å²) in [5, 5.41) is 12.1. The van der Waals surface area contributed by atoms with Crippen LogP contribution in [0.1, 0.15) is 11.1 Å². The highest BCUT2D eigenvalue weighted by atomic mass is 35.5. The zero-order valence-corrected chi connectivity index (χ0v) is 14.9. The third kappa shape index (κ3) is 4.52. The van der Waals surface area contributed by atoms with Crippen molar-refractivity contribution >= 4 is 27.9 Å². The topological polar surface area (TPSA) is 85.2 Å². The molecule has 8 heteroatoms. The van der Waals surface area contributed by atoms with E-state index >= 15 is 0 Å². The van der Waals surface area contributed by atoms with Gasteiger partial charge in [-0.15, -0.1) is 6.58 Å². The quantitative estimate of drug-likeness (QED) is 0.260. The van der Waals surface area contributed by atoms with Crippen LogP contribution in [0.2, 0.25) is 5.02 Å². The van der Waals surface area contributed by atoms with Gasteiger partial charge in [-0.1, -0.05) is 22.8 Å². The summed E-state index contributed by atoms with van der Waals surface area (Å²) in [4.78, 5) is -0.0375. The maximum Gasteiger partial charge on any atom is 0.339 e. The lowest BCUT2D eigenvalue weighted by Crippen LogP contribution is -2.12. The van der Waals surface area contributed by atoms with E-state index < -0.39 is 10.1 Å². The summed E-state index contributed by atoms with van der Waals surface area (Å²) in [5.41, 5.74) is 1.04. The van der Waals surface area contributed by atoms with Crippen LogP contribution in [0.5, 0.6) is 11.5 Å². The zero-order chi connectivity index (χ0) is 18.4. The number of hydrogen-bond donors (Lipinski definition) is 1. The molecule has 0 aliphatic heterocycles. The van der Waals surface area contributed by atoms with Crippen molar-refractivity contribution in [2.24, 2.45) is 5.16 Å². The van der Waals surface area contributed by atoms with E-state index in [1.807, 2.05) is 0 Å². The molecule has 0 heterocycles. The molecule has 0 aliphatic carbocycles. The Hall–Kier alpha value is -2.51. The van der Waals surface area contributed by atoms with Crippen molar-refractivity contribution < 1.29 is 22.5 Å². The molecule has 0 bridgehead atoms. The molecule has 0 saturated carbocycles. The molecular formula is C17H16ClNO5S. The normalized spacial score (nSPS) is 11.4. The molecule has 0 fully saturated rings. The van der Waals surface area contributed by atoms with E-state index in [0.717, 1.165) is 0 Å². The molecule has 0 unspecified atom stereocenters. The van der Waals surface area contributed by atoms with Gasteiger partial charge >= 0.3 is 10.1 Å². The number of benzene rings is 2. The minimum Gasteiger partial charge on any atom is -0.493 e. The smallest absolute Gasteiger partial charge is 0.339 e. The van der Waals surface area contributed by atoms with Crippen molar-refractivity contribution in [2.75, 3.05) is 7.11 Å². The summed E-state index contributed by atoms with van der Waals surface area (Å²) in [7, 11) is -2.70. The van der Waals surface area contributed by atoms with Crippen molar-refractivity contribution in [2.45, 2.75) is 11.3 Å². The molecule has 0 aliphatic rings. The Kier molecular flexibility index (Phi) is 6.06. The lowest BCUT2D eigenvalue weighted by Gasteiger charge is -2.15. The molecular weight excluding hydrogens is 366 g/mol. The number of methoxy groups -OCH3 is 1. The fourth-order valence-electron chi connectivity index (χ4n) is 2.14. The van der Waals surface area contributed by atoms with Gasteiger partial charge in [-0.3, -0.25) is 0 Å². The summed E-state index contributed by atoms with van der Waals surface area (Å²) in [5.74, 6) is 0.235. The van der Waals surface area contributed by atoms with E-state index in [4.69, 9.17) is 25.7 Å². The Balaban J connectivity index is 2.53. The summed E-state index contributed by atoms with van der Waals surface area (Å²) < 4.78 is 35.6. The van der Waals surface area contributed by atoms with Gasteiger partial charge in [0.25, 0.3) is 0 Å². The first kappa shape index (κ1) is 18.8. The van der Waals surface area contributed by atoms with E-state index in [-0.39, 0.29) is 16.4 Å². The zero-order valence-electron chi connectivity index (χ0n) is 13.3. The van der Waals surface area contributed by atoms with Crippen LogP contribution >= 0.6 is 11.6 Å². The average Bonchev–Trinajstić information content (AvgIpc) is 2.57. The van der Waals surface area contributed by atoms with Crippen LogP contribution in [-0.4, -0.2) is 26.9 Å². The van der Waals surface area contributed by atoms with Crippen molar-refractivity contribution in [3.63, 3.8) is 0 Å². The number of allylic oxidation sites excluding steroid dienone is 1. The van der Waals surface area contributed by atoms with E-state index in [1.54, 1.807) is 12.1 Å². The molecule has 0 atom stereocenters. The molecule has 0 aromatic heterocycles. The second-order valence-electron chi connectivity index (χ2n) is 4.94. The first-order chi connectivity index (χ1) is 11.9. The minimum atomic E-state index is -4.08. The van der Waals surface area contributed by atoms with Crippen LogP contribution in [0, 0.1) is 0 Å². The minimum absolute atomic E-state index is 0.0375. The highest BCUT2D eigenvalue weighted by Crippen LogP contribution is 2.35. The largest absolute Gasteiger partial charge is 0.493 e. The highest BCUT2D eigenvalue weighted by Gasteiger charge is 2.22. The molecule has 2 aromatic rings. The lowest BCUT2D eigenvalue weighted by molar-refractivity contribution is 0.322. The maximum absolute atomic E-state index is 12.5. The van der Waals surface area contributed by atoms with E-state index in [1.165, 1.54) is 43.7 Å². The molecule has 2 rings (SSSR count). The van der Waals surface area contributed by atoms with Gasteiger partial charge in [-0.05, 0) is 42.8 Å². The predicted octanol–water partition coefficient (Wildman–Crippen LogP) is 3.65. The molecule has 1 N–H and O–H groups in total. The third-order valence-corrected chi connectivity index (χ3v) is 4.73. The van der Waals surface area contributed by atoms with Crippen molar-refractivity contribution in [1.29, 1.82) is 0 Å². The second kappa shape index (κ2) is 8.04. The Morgan fingerprint density at radius 3 is 2.52 bits per heavy atom. The van der Waals surface area contributed by atoms with Gasteiger partial charge in [0, 0.05) is 16.1 Å². The van der Waals surface area contributed by atoms with Crippen LogP contribution in [-0.2, 0) is 16.5 Å². The second-order valence-corrected chi connectivity index (χ2v) is 6.92. The van der Waals surface area contributed by atoms with Gasteiger partial charge in [0.2, 0.25) is 0 Å². The maximum atomic E-state index is 12.5. The predicted molar refractivity (Wildman–Crippen MR) is 95.5 cm³/mol. The molecule has 2 aromatic carbocycles. The number of nitrogens with zero attached hydrogens (tertiary/aromatic N) is 1. The molecule has 0 radical (unpaired) electrons. The van der Waals surface area contributed by atoms with E-state index in [0.29, 0.717) is 22.6 Å². The van der Waals surface area contributed by atoms with Gasteiger partial charge in [-0.2, -0.15) is 8.42 Å². The highest BCUT2D eigenvalue weighted by molar-refractivity contribution is 7.87. The Morgan fingerprint density at radius 2 is 1.96 bits per heavy atom. The van der Waals surface area contributed by atoms with Crippen molar-refractivity contribution in [3.8, 4) is 11.5 Å². The molecule has 6 nitrogen and oxygen atoms in total. The molecule has 132 valence electrons. The summed E-state index contributed by atoms with van der Waals surface area (Å²) in [6.45, 7) is 3.65. The first-order valence-corrected chi connectivity index (χ1v) is 8.89. The molecule has 0 saturated heterocycles. The van der Waals surface area contributed by atoms with Crippen molar-refractivity contribution in [3.05, 3.63) is 65.2 Å². The third-order valence-electron chi connectivity index (χ3n) is 3.24. The van der Waals surface area contributed by atoms with Gasteiger partial charge in [-0.25, -0.2) is 0 Å². The summed E-state index contributed by atoms with van der Waals surface area (Å²) in [6.07, 6.45) is 3.12. The Morgan fingerprint density at radius 1 is 1.28 bits per heavy atom. The van der Waals surface area contributed by atoms with Gasteiger partial charge in [0.15, 0.2) is 11.5 Å². The number of rotatable bonds is 7. The lowest BCUT2D eigenvalue weighted by atomic mass is 10.1. The first-order valence-electron chi connectivity index (χ1n) is 7.10. The molecule has 0 spiro atoms. The van der Waals surface area contributed by atoms with Gasteiger partial charge in [0.05, 0.1) is 13.3 Å². The monoisotopic (exact) mass is 381 g/mol. The van der Waals surface area contributed by atoms with Crippen LogP contribution in [0.15, 0.2) is 59.1 Å². The summed E-state index contributed by atoms with van der Waals surface area (Å²) in [6, 6.07) is 8.74. The molecule has 25 heavy (non-hydrogen) atoms. The molecule has 0 amide bonds. The number of oxime groups is 1. The van der Waals surface area contributed by atoms with Gasteiger partial charge < -0.3 is 14.1 Å². The summed E-state index contributed by atoms with van der Waals surface area (Å²) >= 11 is 5.78. The Labute approximate surface area is 151 Å². The van der Waals surface area contributed by atoms with Crippen molar-refractivity contribution in [1.82, 2.24) is 0 Å². The fraction of sp³-hybridized carbons (Fsp3) is 0.118. The van der Waals surface area contributed by atoms with Crippen LogP contribution in [0.4, 0.5) is 0 Å². The van der Waals surface area contributed by atoms with Crippen LogP contribution < -0.4 is 8.92 Å². The number of hydrogen-bond acceptors (Lipinski definition) is 6. The number of ether oxygens (including phenoxy) is 1. The average molecular weight is 382 g/mol. The van der Waals surface area contributed by atoms with E-state index in [2.05, 4.69) is 11.7 Å².